The molecular weight excluding hydrogens is 398 g/mol. The maximum absolute atomic E-state index is 12.5. The second kappa shape index (κ2) is 8.67. The van der Waals surface area contributed by atoms with Crippen molar-refractivity contribution >= 4 is 29.3 Å². The Morgan fingerprint density at radius 2 is 2.24 bits per heavy atom. The third-order valence-electron chi connectivity index (χ3n) is 4.66. The lowest BCUT2D eigenvalue weighted by Gasteiger charge is -2.14. The number of benzene rings is 1. The van der Waals surface area contributed by atoms with Gasteiger partial charge >= 0.3 is 6.09 Å². The van der Waals surface area contributed by atoms with Gasteiger partial charge in [0.2, 0.25) is 5.88 Å². The highest BCUT2D eigenvalue weighted by atomic mass is 35.5. The lowest BCUT2D eigenvalue weighted by Crippen LogP contribution is -2.34. The van der Waals surface area contributed by atoms with Crippen LogP contribution in [-0.2, 0) is 9.47 Å². The van der Waals surface area contributed by atoms with Crippen LogP contribution in [0.1, 0.15) is 16.8 Å². The highest BCUT2D eigenvalue weighted by Crippen LogP contribution is 2.24. The molecule has 0 radical (unpaired) electrons. The number of aromatic nitrogens is 1. The van der Waals surface area contributed by atoms with Crippen molar-refractivity contribution in [2.75, 3.05) is 31.2 Å². The van der Waals surface area contributed by atoms with Gasteiger partial charge in [-0.15, -0.1) is 0 Å². The van der Waals surface area contributed by atoms with Crippen molar-refractivity contribution in [2.45, 2.75) is 18.6 Å². The van der Waals surface area contributed by atoms with Crippen LogP contribution in [0.25, 0.3) is 0 Å². The number of hydrogen-bond donors (Lipinski definition) is 1. The molecule has 8 nitrogen and oxygen atoms in total. The summed E-state index contributed by atoms with van der Waals surface area (Å²) < 4.78 is 16.3. The summed E-state index contributed by atoms with van der Waals surface area (Å²) >= 11 is 5.99. The fraction of sp³-hybridized carbons (Fsp3) is 0.350. The number of carbonyl (C=O) groups excluding carboxylic acids is 2. The second-order valence-corrected chi connectivity index (χ2v) is 7.23. The molecule has 0 aliphatic carbocycles. The van der Waals surface area contributed by atoms with E-state index in [1.165, 1.54) is 11.1 Å². The average molecular weight is 418 g/mol. The Balaban J connectivity index is 1.32. The molecule has 2 atom stereocenters. The summed E-state index contributed by atoms with van der Waals surface area (Å²) in [5.74, 6) is 0.0877. The van der Waals surface area contributed by atoms with Crippen LogP contribution >= 0.6 is 11.6 Å². The topological polar surface area (TPSA) is 90.0 Å². The molecule has 3 heterocycles. The molecule has 9 heteroatoms. The average Bonchev–Trinajstić information content (AvgIpc) is 3.36. The zero-order valence-corrected chi connectivity index (χ0v) is 16.3. The first-order chi connectivity index (χ1) is 14.1. The van der Waals surface area contributed by atoms with Crippen LogP contribution < -0.4 is 15.0 Å². The van der Waals surface area contributed by atoms with E-state index in [4.69, 9.17) is 25.8 Å². The molecule has 2 amide bonds. The predicted molar refractivity (Wildman–Crippen MR) is 105 cm³/mol. The first kappa shape index (κ1) is 19.5. The van der Waals surface area contributed by atoms with Crippen molar-refractivity contribution in [1.82, 2.24) is 10.3 Å². The fourth-order valence-corrected chi connectivity index (χ4v) is 3.37. The van der Waals surface area contributed by atoms with Crippen molar-refractivity contribution in [1.29, 1.82) is 0 Å². The molecule has 2 unspecified atom stereocenters. The fourth-order valence-electron chi connectivity index (χ4n) is 3.18. The van der Waals surface area contributed by atoms with Crippen LogP contribution in [0.2, 0.25) is 5.02 Å². The molecule has 2 fully saturated rings. The number of rotatable bonds is 6. The van der Waals surface area contributed by atoms with Gasteiger partial charge in [0, 0.05) is 35.0 Å². The molecular formula is C20H20ClN3O5. The monoisotopic (exact) mass is 417 g/mol. The van der Waals surface area contributed by atoms with Gasteiger partial charge in [0.25, 0.3) is 5.91 Å². The van der Waals surface area contributed by atoms with Gasteiger partial charge in [-0.05, 0) is 24.3 Å². The van der Waals surface area contributed by atoms with Crippen molar-refractivity contribution in [3.63, 3.8) is 0 Å². The molecule has 2 aromatic rings. The summed E-state index contributed by atoms with van der Waals surface area (Å²) in [7, 11) is 0. The van der Waals surface area contributed by atoms with Crippen molar-refractivity contribution < 1.29 is 23.8 Å². The molecule has 2 aliphatic rings. The van der Waals surface area contributed by atoms with E-state index in [2.05, 4.69) is 10.3 Å². The Morgan fingerprint density at radius 3 is 3.03 bits per heavy atom. The van der Waals surface area contributed by atoms with Crippen LogP contribution in [0.3, 0.4) is 0 Å². The number of pyridine rings is 1. The van der Waals surface area contributed by atoms with Crippen molar-refractivity contribution in [3.8, 4) is 5.88 Å². The van der Waals surface area contributed by atoms with Gasteiger partial charge in [-0.3, -0.25) is 9.69 Å². The normalized spacial score (nSPS) is 21.1. The van der Waals surface area contributed by atoms with E-state index in [-0.39, 0.29) is 18.6 Å². The SMILES string of the molecule is O=C(NCC1CN(c2cccc(Cl)c2)C(=O)O1)c1ccnc(OC2CCOC2)c1. The molecule has 4 rings (SSSR count). The van der Waals surface area contributed by atoms with Crippen LogP contribution in [-0.4, -0.2) is 55.5 Å². The van der Waals surface area contributed by atoms with E-state index < -0.39 is 12.2 Å². The van der Waals surface area contributed by atoms with Crippen LogP contribution in [0.15, 0.2) is 42.6 Å². The molecule has 1 N–H and O–H groups in total. The Hall–Kier alpha value is -2.84. The number of anilines is 1. The smallest absolute Gasteiger partial charge is 0.414 e. The third kappa shape index (κ3) is 4.78. The van der Waals surface area contributed by atoms with Gasteiger partial charge in [-0.1, -0.05) is 17.7 Å². The van der Waals surface area contributed by atoms with E-state index in [0.29, 0.717) is 41.9 Å². The Bertz CT molecular complexity index is 903. The minimum absolute atomic E-state index is 0.0452. The number of amides is 2. The molecule has 152 valence electrons. The molecule has 2 aliphatic heterocycles. The van der Waals surface area contributed by atoms with Crippen LogP contribution in [0.4, 0.5) is 10.5 Å². The molecule has 0 bridgehead atoms. The Morgan fingerprint density at radius 1 is 1.34 bits per heavy atom. The first-order valence-corrected chi connectivity index (χ1v) is 9.68. The highest BCUT2D eigenvalue weighted by Gasteiger charge is 2.32. The minimum atomic E-state index is -0.468. The summed E-state index contributed by atoms with van der Waals surface area (Å²) in [6, 6.07) is 10.2. The third-order valence-corrected chi connectivity index (χ3v) is 4.89. The number of carbonyl (C=O) groups is 2. The van der Waals surface area contributed by atoms with Gasteiger partial charge in [-0.2, -0.15) is 0 Å². The summed E-state index contributed by atoms with van der Waals surface area (Å²) in [5, 5.41) is 3.32. The molecule has 1 aromatic heterocycles. The van der Waals surface area contributed by atoms with Gasteiger partial charge in [0.15, 0.2) is 0 Å². The van der Waals surface area contributed by atoms with Crippen molar-refractivity contribution in [3.05, 3.63) is 53.2 Å². The van der Waals surface area contributed by atoms with Crippen molar-refractivity contribution in [2.24, 2.45) is 0 Å². The van der Waals surface area contributed by atoms with Gasteiger partial charge < -0.3 is 19.5 Å². The van der Waals surface area contributed by atoms with E-state index in [1.54, 1.807) is 36.4 Å². The zero-order valence-electron chi connectivity index (χ0n) is 15.5. The standard InChI is InChI=1S/C20H20ClN3O5/c21-14-2-1-3-15(9-14)24-11-17(29-20(24)26)10-23-19(25)13-4-6-22-18(8-13)28-16-5-7-27-12-16/h1-4,6,8-9,16-17H,5,7,10-12H2,(H,23,25). The van der Waals surface area contributed by atoms with E-state index in [9.17, 15) is 9.59 Å². The number of halogens is 1. The first-order valence-electron chi connectivity index (χ1n) is 9.31. The second-order valence-electron chi connectivity index (χ2n) is 6.79. The molecule has 1 aromatic carbocycles. The Labute approximate surface area is 172 Å². The quantitative estimate of drug-likeness (QED) is 0.777. The molecule has 29 heavy (non-hydrogen) atoms. The number of nitrogens with zero attached hydrogens (tertiary/aromatic N) is 2. The molecule has 0 spiro atoms. The lowest BCUT2D eigenvalue weighted by molar-refractivity contribution is 0.0914. The van der Waals surface area contributed by atoms with Crippen LogP contribution in [0, 0.1) is 0 Å². The van der Waals surface area contributed by atoms with Crippen LogP contribution in [0.5, 0.6) is 5.88 Å². The molecule has 0 saturated carbocycles. The van der Waals surface area contributed by atoms with Gasteiger partial charge in [-0.25, -0.2) is 9.78 Å². The number of nitrogens with one attached hydrogen (secondary N) is 1. The van der Waals surface area contributed by atoms with E-state index in [1.807, 2.05) is 0 Å². The Kier molecular flexibility index (Phi) is 5.82. The summed E-state index contributed by atoms with van der Waals surface area (Å²) in [5.41, 5.74) is 1.08. The van der Waals surface area contributed by atoms with Gasteiger partial charge in [0.05, 0.1) is 26.3 Å². The largest absolute Gasteiger partial charge is 0.472 e. The number of hydrogen-bond acceptors (Lipinski definition) is 6. The maximum atomic E-state index is 12.5. The van der Waals surface area contributed by atoms with E-state index >= 15 is 0 Å². The van der Waals surface area contributed by atoms with Gasteiger partial charge in [0.1, 0.15) is 12.2 Å². The maximum Gasteiger partial charge on any atom is 0.414 e. The minimum Gasteiger partial charge on any atom is -0.472 e. The number of cyclic esters (lactones) is 1. The van der Waals surface area contributed by atoms with E-state index in [0.717, 1.165) is 6.42 Å². The predicted octanol–water partition coefficient (Wildman–Crippen LogP) is 2.66. The highest BCUT2D eigenvalue weighted by molar-refractivity contribution is 6.30. The lowest BCUT2D eigenvalue weighted by atomic mass is 10.2. The summed E-state index contributed by atoms with van der Waals surface area (Å²) in [6.45, 7) is 1.70. The summed E-state index contributed by atoms with van der Waals surface area (Å²) in [4.78, 5) is 30.2. The summed E-state index contributed by atoms with van der Waals surface area (Å²) in [6.07, 6.45) is 1.35. The molecule has 2 saturated heterocycles. The zero-order chi connectivity index (χ0) is 20.2. The number of ether oxygens (including phenoxy) is 3.